The van der Waals surface area contributed by atoms with Gasteiger partial charge in [0.25, 0.3) is 0 Å². The van der Waals surface area contributed by atoms with Gasteiger partial charge >= 0.3 is 12.1 Å². The number of anilines is 3. The lowest BCUT2D eigenvalue weighted by Gasteiger charge is -2.26. The molecule has 1 aromatic carbocycles. The number of para-hydroxylation sites is 1. The van der Waals surface area contributed by atoms with Gasteiger partial charge in [0.1, 0.15) is 17.5 Å². The molecule has 8 nitrogen and oxygen atoms in total. The van der Waals surface area contributed by atoms with Crippen molar-refractivity contribution in [1.82, 2.24) is 14.9 Å². The van der Waals surface area contributed by atoms with Crippen LogP contribution in [0.25, 0.3) is 5.52 Å². The van der Waals surface area contributed by atoms with Crippen LogP contribution in [-0.4, -0.2) is 46.0 Å². The number of aliphatic carboxylic acids is 1. The molecular weight excluding hydrogens is 461 g/mol. The summed E-state index contributed by atoms with van der Waals surface area (Å²) >= 11 is 6.28. The Kier molecular flexibility index (Phi) is 7.63. The third kappa shape index (κ3) is 6.06. The number of carboxylic acid groups (broad SMARTS) is 1. The molecule has 0 aliphatic carbocycles. The third-order valence-corrected chi connectivity index (χ3v) is 5.15. The molecule has 0 amide bonds. The van der Waals surface area contributed by atoms with Gasteiger partial charge < -0.3 is 21.1 Å². The molecule has 33 heavy (non-hydrogen) atoms. The third-order valence-electron chi connectivity index (χ3n) is 4.82. The number of carboxylic acids is 1. The molecule has 4 N–H and O–H groups in total. The molecule has 1 aliphatic rings. The van der Waals surface area contributed by atoms with Crippen LogP contribution in [0.5, 0.6) is 0 Å². The monoisotopic (exact) mass is 480 g/mol. The molecule has 0 radical (unpaired) electrons. The summed E-state index contributed by atoms with van der Waals surface area (Å²) in [6, 6.07) is 13.9. The number of halogens is 4. The number of hydrogen-bond donors (Lipinski definition) is 4. The van der Waals surface area contributed by atoms with E-state index in [2.05, 4.69) is 27.1 Å². The molecule has 0 unspecified atom stereocenters. The minimum atomic E-state index is -5.08. The summed E-state index contributed by atoms with van der Waals surface area (Å²) in [4.78, 5) is 8.90. The summed E-state index contributed by atoms with van der Waals surface area (Å²) in [6.07, 6.45) is -1.19. The number of aromatic nitrogens is 2. The van der Waals surface area contributed by atoms with E-state index in [0.717, 1.165) is 48.6 Å². The maximum absolute atomic E-state index is 10.6. The second-order valence-electron chi connectivity index (χ2n) is 7.15. The fraction of sp³-hybridized carbons (Fsp3) is 0.286. The van der Waals surface area contributed by atoms with Crippen molar-refractivity contribution in [3.8, 4) is 6.07 Å². The van der Waals surface area contributed by atoms with Crippen molar-refractivity contribution in [3.63, 3.8) is 0 Å². The van der Waals surface area contributed by atoms with Gasteiger partial charge in [-0.05, 0) is 37.6 Å². The number of alkyl halides is 3. The largest absolute Gasteiger partial charge is 0.490 e. The zero-order valence-electron chi connectivity index (χ0n) is 17.2. The lowest BCUT2D eigenvalue weighted by molar-refractivity contribution is -0.192. The van der Waals surface area contributed by atoms with Gasteiger partial charge in [-0.1, -0.05) is 23.7 Å². The zero-order chi connectivity index (χ0) is 24.0. The first kappa shape index (κ1) is 24.2. The Balaban J connectivity index is 0.000000383. The number of fused-ring (bicyclic) bond motifs is 1. The van der Waals surface area contributed by atoms with Gasteiger partial charge in [0, 0.05) is 18.7 Å². The molecule has 1 fully saturated rings. The topological polar surface area (TPSA) is 114 Å². The fourth-order valence-corrected chi connectivity index (χ4v) is 3.49. The molecule has 12 heteroatoms. The summed E-state index contributed by atoms with van der Waals surface area (Å²) in [5.74, 6) is -2.00. The Hall–Kier alpha value is -3.49. The van der Waals surface area contributed by atoms with Crippen LogP contribution in [-0.2, 0) is 4.79 Å². The predicted octanol–water partition coefficient (Wildman–Crippen LogP) is 4.40. The van der Waals surface area contributed by atoms with Gasteiger partial charge in [0.2, 0.25) is 0 Å². The second kappa shape index (κ2) is 10.4. The summed E-state index contributed by atoms with van der Waals surface area (Å²) in [7, 11) is 0. The molecule has 3 heterocycles. The Labute approximate surface area is 192 Å². The van der Waals surface area contributed by atoms with Crippen LogP contribution in [0.3, 0.4) is 0 Å². The minimum Gasteiger partial charge on any atom is -0.475 e. The quantitative estimate of drug-likeness (QED) is 0.437. The van der Waals surface area contributed by atoms with Gasteiger partial charge in [-0.15, -0.1) is 0 Å². The molecule has 3 aromatic rings. The normalized spacial score (nSPS) is 15.8. The molecule has 0 spiro atoms. The first-order chi connectivity index (χ1) is 15.7. The molecule has 2 aromatic heterocycles. The standard InChI is InChI=1S/C19H19ClN6.C2HF3O2/c20-15-5-1-2-6-16(15)25-19-10-17(24-13-4-3-8-22-12-13)14(11-21)18-7-9-23-26(18)19;3-2(4,5)1(6)7/h1-2,5-7,9-10,13,22,24-25H,3-4,8,12H2;(H,6,7)/t13-;/m0./s1. The van der Waals surface area contributed by atoms with E-state index in [0.29, 0.717) is 16.6 Å². The van der Waals surface area contributed by atoms with Gasteiger partial charge in [-0.3, -0.25) is 0 Å². The van der Waals surface area contributed by atoms with E-state index in [1.807, 2.05) is 36.4 Å². The van der Waals surface area contributed by atoms with E-state index in [-0.39, 0.29) is 0 Å². The molecule has 0 saturated carbocycles. The van der Waals surface area contributed by atoms with Crippen molar-refractivity contribution in [2.45, 2.75) is 25.1 Å². The number of piperidine rings is 1. The number of benzene rings is 1. The van der Waals surface area contributed by atoms with Gasteiger partial charge in [-0.2, -0.15) is 23.5 Å². The van der Waals surface area contributed by atoms with E-state index >= 15 is 0 Å². The van der Waals surface area contributed by atoms with Gasteiger partial charge in [0.15, 0.2) is 0 Å². The summed E-state index contributed by atoms with van der Waals surface area (Å²) in [5.41, 5.74) is 2.96. The molecule has 1 saturated heterocycles. The van der Waals surface area contributed by atoms with Gasteiger partial charge in [0.05, 0.1) is 28.1 Å². The lowest BCUT2D eigenvalue weighted by Crippen LogP contribution is -2.38. The van der Waals surface area contributed by atoms with Crippen LogP contribution in [0, 0.1) is 11.3 Å². The van der Waals surface area contributed by atoms with E-state index in [9.17, 15) is 18.4 Å². The van der Waals surface area contributed by atoms with Crippen LogP contribution in [0.2, 0.25) is 5.02 Å². The maximum Gasteiger partial charge on any atom is 0.490 e. The van der Waals surface area contributed by atoms with Crippen molar-refractivity contribution < 1.29 is 23.1 Å². The zero-order valence-corrected chi connectivity index (χ0v) is 17.9. The molecule has 4 rings (SSSR count). The number of rotatable bonds is 4. The highest BCUT2D eigenvalue weighted by Gasteiger charge is 2.38. The second-order valence-corrected chi connectivity index (χ2v) is 7.56. The Bertz CT molecular complexity index is 1170. The molecule has 174 valence electrons. The van der Waals surface area contributed by atoms with Crippen LogP contribution in [0.15, 0.2) is 42.6 Å². The minimum absolute atomic E-state index is 0.300. The van der Waals surface area contributed by atoms with Crippen LogP contribution >= 0.6 is 11.6 Å². The van der Waals surface area contributed by atoms with Crippen molar-refractivity contribution in [2.75, 3.05) is 23.7 Å². The molecule has 0 bridgehead atoms. The SMILES string of the molecule is N#Cc1c(N[C@H]2CCCNC2)cc(Nc2ccccc2Cl)n2nccc12.O=C(O)C(F)(F)F. The Morgan fingerprint density at radius 3 is 2.64 bits per heavy atom. The molecule has 1 aliphatic heterocycles. The highest BCUT2D eigenvalue weighted by Crippen LogP contribution is 2.30. The summed E-state index contributed by atoms with van der Waals surface area (Å²) in [5, 5.41) is 32.1. The lowest BCUT2D eigenvalue weighted by atomic mass is 10.1. The number of nitriles is 1. The van der Waals surface area contributed by atoms with E-state index in [1.165, 1.54) is 0 Å². The smallest absolute Gasteiger partial charge is 0.475 e. The van der Waals surface area contributed by atoms with Crippen LogP contribution in [0.4, 0.5) is 30.4 Å². The number of pyridine rings is 1. The van der Waals surface area contributed by atoms with Crippen molar-refractivity contribution >= 4 is 40.3 Å². The van der Waals surface area contributed by atoms with E-state index < -0.39 is 12.1 Å². The first-order valence-electron chi connectivity index (χ1n) is 9.90. The molecule has 1 atom stereocenters. The van der Waals surface area contributed by atoms with E-state index in [4.69, 9.17) is 21.5 Å². The molecular formula is C21H20ClF3N6O2. The number of nitrogens with zero attached hydrogens (tertiary/aromatic N) is 3. The first-order valence-corrected chi connectivity index (χ1v) is 10.3. The number of carbonyl (C=O) groups is 1. The highest BCUT2D eigenvalue weighted by atomic mass is 35.5. The van der Waals surface area contributed by atoms with Crippen molar-refractivity contribution in [2.24, 2.45) is 0 Å². The van der Waals surface area contributed by atoms with Crippen molar-refractivity contribution in [3.05, 3.63) is 53.2 Å². The summed E-state index contributed by atoms with van der Waals surface area (Å²) < 4.78 is 33.5. The Morgan fingerprint density at radius 2 is 2.03 bits per heavy atom. The van der Waals surface area contributed by atoms with Crippen LogP contribution < -0.4 is 16.0 Å². The number of hydrogen-bond acceptors (Lipinski definition) is 6. The van der Waals surface area contributed by atoms with E-state index in [1.54, 1.807) is 10.7 Å². The predicted molar refractivity (Wildman–Crippen MR) is 118 cm³/mol. The maximum atomic E-state index is 10.6. The van der Waals surface area contributed by atoms with Crippen molar-refractivity contribution in [1.29, 1.82) is 5.26 Å². The number of nitrogens with one attached hydrogen (secondary N) is 3. The van der Waals surface area contributed by atoms with Crippen LogP contribution in [0.1, 0.15) is 18.4 Å². The van der Waals surface area contributed by atoms with Gasteiger partial charge in [-0.25, -0.2) is 9.31 Å². The average Bonchev–Trinajstić information content (AvgIpc) is 3.26. The Morgan fingerprint density at radius 1 is 1.30 bits per heavy atom. The average molecular weight is 481 g/mol. The highest BCUT2D eigenvalue weighted by molar-refractivity contribution is 6.33. The fourth-order valence-electron chi connectivity index (χ4n) is 3.31. The summed E-state index contributed by atoms with van der Waals surface area (Å²) in [6.45, 7) is 1.94.